The number of rotatable bonds is 2. The van der Waals surface area contributed by atoms with Gasteiger partial charge in [-0.2, -0.15) is 22.5 Å². The van der Waals surface area contributed by atoms with Gasteiger partial charge in [0.1, 0.15) is 30.1 Å². The fourth-order valence-corrected chi connectivity index (χ4v) is 2.56. The van der Waals surface area contributed by atoms with Gasteiger partial charge >= 0.3 is 6.18 Å². The molecule has 3 aliphatic rings. The largest absolute Gasteiger partial charge is 0.435 e. The van der Waals surface area contributed by atoms with Crippen molar-refractivity contribution in [2.24, 2.45) is 0 Å². The number of nitrogens with zero attached hydrogens (tertiary/aromatic N) is 2. The second kappa shape index (κ2) is 5.98. The fourth-order valence-electron chi connectivity index (χ4n) is 2.56. The lowest BCUT2D eigenvalue weighted by molar-refractivity contribution is -0.144. The van der Waals surface area contributed by atoms with Crippen LogP contribution in [0.1, 0.15) is 17.4 Å². The number of H-pyrrole nitrogens is 1. The van der Waals surface area contributed by atoms with Crippen LogP contribution in [0.3, 0.4) is 0 Å². The molecule has 8 nitrogen and oxygen atoms in total. The molecule has 1 unspecified atom stereocenters. The van der Waals surface area contributed by atoms with Crippen LogP contribution in [0.4, 0.5) is 17.6 Å². The number of aromatic amines is 1. The van der Waals surface area contributed by atoms with Gasteiger partial charge < -0.3 is 25.0 Å². The minimum absolute atomic E-state index is 0.338. The van der Waals surface area contributed by atoms with Crippen molar-refractivity contribution < 1.29 is 37.6 Å². The molecule has 4 N–H and O–H groups in total. The maximum absolute atomic E-state index is 13.6. The highest BCUT2D eigenvalue weighted by Gasteiger charge is 2.44. The van der Waals surface area contributed by atoms with Crippen molar-refractivity contribution >= 4 is 0 Å². The smallest absolute Gasteiger partial charge is 0.394 e. The molecule has 0 saturated carbocycles. The Balaban J connectivity index is 2.10. The van der Waals surface area contributed by atoms with Crippen LogP contribution in [0.2, 0.25) is 0 Å². The predicted octanol–water partition coefficient (Wildman–Crippen LogP) is -0.418. The van der Waals surface area contributed by atoms with E-state index in [1.54, 1.807) is 4.98 Å². The summed E-state index contributed by atoms with van der Waals surface area (Å²) < 4.78 is 56.7. The summed E-state index contributed by atoms with van der Waals surface area (Å²) in [7, 11) is 0. The van der Waals surface area contributed by atoms with E-state index in [0.29, 0.717) is 0 Å². The molecule has 25 heavy (non-hydrogen) atoms. The monoisotopic (exact) mass is 365 g/mol. The van der Waals surface area contributed by atoms with Crippen molar-refractivity contribution in [1.29, 1.82) is 0 Å². The van der Waals surface area contributed by atoms with Crippen LogP contribution in [-0.4, -0.2) is 55.2 Å². The third-order valence-electron chi connectivity index (χ3n) is 3.80. The lowest BCUT2D eigenvalue weighted by atomic mass is 10.0. The summed E-state index contributed by atoms with van der Waals surface area (Å²) in [4.78, 5) is 20.2. The summed E-state index contributed by atoms with van der Waals surface area (Å²) in [6.07, 6.45) is -10.7. The topological polar surface area (TPSA) is 129 Å². The van der Waals surface area contributed by atoms with Crippen molar-refractivity contribution in [3.8, 4) is 11.5 Å². The molecule has 0 bridgehead atoms. The van der Waals surface area contributed by atoms with Gasteiger partial charge in [0.05, 0.1) is 12.2 Å². The number of aliphatic hydroxyl groups is 3. The van der Waals surface area contributed by atoms with Crippen molar-refractivity contribution in [2.45, 2.75) is 30.6 Å². The Kier molecular flexibility index (Phi) is 4.23. The minimum Gasteiger partial charge on any atom is -0.394 e. The zero-order valence-corrected chi connectivity index (χ0v) is 12.2. The number of hydrogen-bond acceptors (Lipinski definition) is 7. The van der Waals surface area contributed by atoms with E-state index in [0.717, 1.165) is 6.07 Å². The van der Waals surface area contributed by atoms with E-state index in [1.807, 2.05) is 0 Å². The average molecular weight is 365 g/mol. The Hall–Kier alpha value is -2.15. The summed E-state index contributed by atoms with van der Waals surface area (Å²) in [5.74, 6) is -2.44. The minimum atomic E-state index is -5.06. The standard InChI is InChI=1S/C13H11F4N3O5/c14-10-9(13(15,16)17)19-11-4(18-10)1-3(12(24)20-11)8-7(23)6(22)5(2-21)25-8/h1,5-8,21-23H,2H2,(H,19,20,24)/t5-,6?,7+,8+/m1/s1. The molecule has 0 spiro atoms. The first kappa shape index (κ1) is 17.7. The maximum Gasteiger partial charge on any atom is 0.435 e. The van der Waals surface area contributed by atoms with Crippen LogP contribution in [0.5, 0.6) is 0 Å². The van der Waals surface area contributed by atoms with E-state index in [2.05, 4.69) is 9.97 Å². The van der Waals surface area contributed by atoms with E-state index >= 15 is 0 Å². The molecule has 0 aromatic rings. The quantitative estimate of drug-likeness (QED) is 0.532. The van der Waals surface area contributed by atoms with E-state index in [4.69, 9.17) is 9.84 Å². The molecule has 3 rings (SSSR count). The second-order valence-electron chi connectivity index (χ2n) is 5.41. The van der Waals surface area contributed by atoms with Crippen molar-refractivity contribution in [3.05, 3.63) is 33.6 Å². The Labute approximate surface area is 136 Å². The van der Waals surface area contributed by atoms with E-state index in [1.165, 1.54) is 0 Å². The van der Waals surface area contributed by atoms with E-state index < -0.39 is 65.9 Å². The normalized spacial score (nSPS) is 27.2. The first-order chi connectivity index (χ1) is 11.6. The molecule has 3 heterocycles. The Bertz CT molecular complexity index is 826. The van der Waals surface area contributed by atoms with Gasteiger partial charge in [0, 0.05) is 0 Å². The molecule has 136 valence electrons. The Morgan fingerprint density at radius 2 is 1.92 bits per heavy atom. The molecular formula is C13H11F4N3O5. The van der Waals surface area contributed by atoms with Gasteiger partial charge in [0.15, 0.2) is 11.5 Å². The van der Waals surface area contributed by atoms with Gasteiger partial charge in [-0.3, -0.25) is 4.79 Å². The van der Waals surface area contributed by atoms with Crippen LogP contribution < -0.4 is 5.56 Å². The van der Waals surface area contributed by atoms with Crippen LogP contribution >= 0.6 is 0 Å². The number of ether oxygens (including phenoxy) is 1. The number of hydrogen-bond donors (Lipinski definition) is 4. The maximum atomic E-state index is 13.6. The van der Waals surface area contributed by atoms with Gasteiger partial charge in [-0.15, -0.1) is 0 Å². The lowest BCUT2D eigenvalue weighted by Crippen LogP contribution is -2.33. The van der Waals surface area contributed by atoms with Crippen molar-refractivity contribution in [1.82, 2.24) is 15.0 Å². The highest BCUT2D eigenvalue weighted by atomic mass is 19.4. The zero-order valence-electron chi connectivity index (χ0n) is 12.2. The molecular weight excluding hydrogens is 354 g/mol. The summed E-state index contributed by atoms with van der Waals surface area (Å²) in [5.41, 5.74) is -3.58. The van der Waals surface area contributed by atoms with Crippen molar-refractivity contribution in [3.63, 3.8) is 0 Å². The van der Waals surface area contributed by atoms with Gasteiger partial charge in [-0.1, -0.05) is 0 Å². The van der Waals surface area contributed by atoms with Gasteiger partial charge in [0.25, 0.3) is 5.56 Å². The average Bonchev–Trinajstić information content (AvgIpc) is 2.81. The molecule has 0 aliphatic carbocycles. The van der Waals surface area contributed by atoms with Crippen LogP contribution in [0.25, 0.3) is 11.5 Å². The molecule has 1 fully saturated rings. The molecule has 0 aromatic heterocycles. The highest BCUT2D eigenvalue weighted by Crippen LogP contribution is 2.34. The fraction of sp³-hybridized carbons (Fsp3) is 0.462. The van der Waals surface area contributed by atoms with Gasteiger partial charge in [0.2, 0.25) is 5.95 Å². The SMILES string of the molecule is O=c1nc2[nH]c(C(F)(F)F)c(F)nc-2cc1[C@@H]1O[C@H](CO)C(O)[C@@H]1O. The first-order valence-corrected chi connectivity index (χ1v) is 6.93. The molecule has 0 aromatic carbocycles. The summed E-state index contributed by atoms with van der Waals surface area (Å²) >= 11 is 0. The van der Waals surface area contributed by atoms with Gasteiger partial charge in [-0.05, 0) is 6.07 Å². The number of fused-ring (bicyclic) bond motifs is 1. The summed E-state index contributed by atoms with van der Waals surface area (Å²) in [6.45, 7) is -0.639. The molecule has 12 heteroatoms. The number of aromatic nitrogens is 3. The Morgan fingerprint density at radius 3 is 2.48 bits per heavy atom. The third-order valence-corrected chi connectivity index (χ3v) is 3.80. The molecule has 3 aliphatic heterocycles. The van der Waals surface area contributed by atoms with E-state index in [9.17, 15) is 32.6 Å². The molecule has 4 atom stereocenters. The molecule has 0 amide bonds. The van der Waals surface area contributed by atoms with Crippen molar-refractivity contribution in [2.75, 3.05) is 6.61 Å². The number of halogens is 4. The molecule has 1 saturated heterocycles. The zero-order chi connectivity index (χ0) is 18.5. The summed E-state index contributed by atoms with van der Waals surface area (Å²) in [5, 5.41) is 28.6. The van der Waals surface area contributed by atoms with Crippen LogP contribution in [0.15, 0.2) is 10.9 Å². The van der Waals surface area contributed by atoms with Crippen LogP contribution in [0, 0.1) is 5.95 Å². The highest BCUT2D eigenvalue weighted by molar-refractivity contribution is 5.52. The number of alkyl halides is 3. The Morgan fingerprint density at radius 1 is 1.24 bits per heavy atom. The number of nitrogens with one attached hydrogen (secondary N) is 1. The number of aliphatic hydroxyl groups excluding tert-OH is 3. The third kappa shape index (κ3) is 2.97. The van der Waals surface area contributed by atoms with Crippen LogP contribution in [-0.2, 0) is 10.9 Å². The molecule has 0 radical (unpaired) electrons. The van der Waals surface area contributed by atoms with Gasteiger partial charge in [-0.25, -0.2) is 4.98 Å². The summed E-state index contributed by atoms with van der Waals surface area (Å²) in [6, 6.07) is 0.908. The van der Waals surface area contributed by atoms with E-state index in [-0.39, 0.29) is 5.56 Å². The predicted molar refractivity (Wildman–Crippen MR) is 70.9 cm³/mol. The second-order valence-corrected chi connectivity index (χ2v) is 5.41. The lowest BCUT2D eigenvalue weighted by Gasteiger charge is -2.16. The number of pyridine rings is 1. The first-order valence-electron chi connectivity index (χ1n) is 6.93.